The predicted molar refractivity (Wildman–Crippen MR) is 114 cm³/mol. The first-order valence-corrected chi connectivity index (χ1v) is 11.8. The molecule has 1 heterocycles. The number of methoxy groups -OCH3 is 2. The van der Waals surface area contributed by atoms with Gasteiger partial charge in [0.1, 0.15) is 0 Å². The molecule has 0 atom stereocenters. The number of sulfonamides is 2. The molecule has 13 heteroatoms. The van der Waals surface area contributed by atoms with Gasteiger partial charge in [0, 0.05) is 11.8 Å². The second kappa shape index (κ2) is 9.08. The molecule has 0 radical (unpaired) electrons. The normalized spacial score (nSPS) is 11.3. The van der Waals surface area contributed by atoms with Crippen molar-refractivity contribution in [3.8, 4) is 18.0 Å². The topological polar surface area (TPSA) is 160 Å². The van der Waals surface area contributed by atoms with Crippen LogP contribution >= 0.6 is 0 Å². The molecule has 0 amide bonds. The lowest BCUT2D eigenvalue weighted by Gasteiger charge is -2.11. The fraction of sp³-hybridized carbons (Fsp3) is 0.105. The van der Waals surface area contributed by atoms with Crippen molar-refractivity contribution in [1.29, 1.82) is 5.26 Å². The van der Waals surface area contributed by atoms with Gasteiger partial charge in [-0.25, -0.2) is 16.8 Å². The van der Waals surface area contributed by atoms with Crippen molar-refractivity contribution >= 4 is 31.6 Å². The first-order chi connectivity index (χ1) is 15.2. The Morgan fingerprint density at radius 2 is 1.38 bits per heavy atom. The summed E-state index contributed by atoms with van der Waals surface area (Å²) in [5.41, 5.74) is 0.476. The second-order valence-electron chi connectivity index (χ2n) is 6.15. The number of hydrogen-bond acceptors (Lipinski definition) is 9. The Morgan fingerprint density at radius 1 is 0.812 bits per heavy atom. The predicted octanol–water partition coefficient (Wildman–Crippen LogP) is 1.97. The summed E-state index contributed by atoms with van der Waals surface area (Å²) in [7, 11) is -5.28. The summed E-state index contributed by atoms with van der Waals surface area (Å²) in [6, 6.07) is 13.5. The number of rotatable bonds is 8. The zero-order valence-electron chi connectivity index (χ0n) is 16.8. The number of nitrogens with zero attached hydrogens (tertiary/aromatic N) is 3. The van der Waals surface area contributed by atoms with Crippen LogP contribution in [0.2, 0.25) is 0 Å². The average molecular weight is 476 g/mol. The molecule has 2 aromatic carbocycles. The van der Waals surface area contributed by atoms with Crippen LogP contribution in [0.1, 0.15) is 5.56 Å². The van der Waals surface area contributed by atoms with Gasteiger partial charge in [-0.2, -0.15) is 15.2 Å². The van der Waals surface area contributed by atoms with E-state index in [4.69, 9.17) is 14.7 Å². The highest BCUT2D eigenvalue weighted by molar-refractivity contribution is 7.93. The lowest BCUT2D eigenvalue weighted by molar-refractivity contribution is 0.353. The van der Waals surface area contributed by atoms with Crippen LogP contribution in [0, 0.1) is 11.3 Å². The van der Waals surface area contributed by atoms with Crippen LogP contribution in [0.25, 0.3) is 0 Å². The highest BCUT2D eigenvalue weighted by Crippen LogP contribution is 2.22. The van der Waals surface area contributed by atoms with Gasteiger partial charge in [0.2, 0.25) is 5.88 Å². The Balaban J connectivity index is 1.79. The SMILES string of the molecule is COc1cc(NS(=O)(=O)c2ccc(NS(=O)(=O)c3ccc(C#N)cc3)cc2)nc(OC)n1. The van der Waals surface area contributed by atoms with E-state index in [1.165, 1.54) is 68.8 Å². The fourth-order valence-electron chi connectivity index (χ4n) is 2.47. The molecule has 166 valence electrons. The second-order valence-corrected chi connectivity index (χ2v) is 9.52. The van der Waals surface area contributed by atoms with Gasteiger partial charge in [0.15, 0.2) is 5.82 Å². The minimum absolute atomic E-state index is 0.0403. The number of ether oxygens (including phenoxy) is 2. The monoisotopic (exact) mass is 475 g/mol. The molecule has 0 spiro atoms. The van der Waals surface area contributed by atoms with Gasteiger partial charge >= 0.3 is 6.01 Å². The van der Waals surface area contributed by atoms with E-state index >= 15 is 0 Å². The van der Waals surface area contributed by atoms with Crippen molar-refractivity contribution in [3.05, 3.63) is 60.2 Å². The van der Waals surface area contributed by atoms with E-state index < -0.39 is 20.0 Å². The Hall–Kier alpha value is -3.89. The lowest BCUT2D eigenvalue weighted by Crippen LogP contribution is -2.15. The average Bonchev–Trinajstić information content (AvgIpc) is 2.78. The Bertz CT molecular complexity index is 1340. The molecule has 2 N–H and O–H groups in total. The summed E-state index contributed by atoms with van der Waals surface area (Å²) >= 11 is 0. The standard InChI is InChI=1S/C19H17N5O6S2/c1-29-18-11-17(21-19(22-18)30-2)24-32(27,28)16-9-5-14(6-10-16)23-31(25,26)15-7-3-13(12-20)4-8-15/h3-11,23H,1-2H3,(H,21,22,24). The smallest absolute Gasteiger partial charge is 0.321 e. The molecule has 3 aromatic rings. The fourth-order valence-corrected chi connectivity index (χ4v) is 4.52. The van der Waals surface area contributed by atoms with Crippen molar-refractivity contribution in [2.75, 3.05) is 23.7 Å². The zero-order chi connectivity index (χ0) is 23.4. The third-order valence-corrected chi connectivity index (χ3v) is 6.79. The zero-order valence-corrected chi connectivity index (χ0v) is 18.4. The lowest BCUT2D eigenvalue weighted by atomic mass is 10.2. The van der Waals surface area contributed by atoms with Crippen molar-refractivity contribution in [2.45, 2.75) is 9.79 Å². The first kappa shape index (κ1) is 22.8. The summed E-state index contributed by atoms with van der Waals surface area (Å²) < 4.78 is 64.8. The van der Waals surface area contributed by atoms with Gasteiger partial charge in [-0.05, 0) is 48.5 Å². The Morgan fingerprint density at radius 3 is 1.91 bits per heavy atom. The molecule has 11 nitrogen and oxygen atoms in total. The van der Waals surface area contributed by atoms with Crippen molar-refractivity contribution < 1.29 is 26.3 Å². The van der Waals surface area contributed by atoms with E-state index in [1.54, 1.807) is 0 Å². The number of aromatic nitrogens is 2. The first-order valence-electron chi connectivity index (χ1n) is 8.80. The minimum atomic E-state index is -4.04. The van der Waals surface area contributed by atoms with E-state index in [2.05, 4.69) is 19.4 Å². The van der Waals surface area contributed by atoms with E-state index in [9.17, 15) is 16.8 Å². The van der Waals surface area contributed by atoms with E-state index in [1.807, 2.05) is 6.07 Å². The maximum atomic E-state index is 12.7. The maximum Gasteiger partial charge on any atom is 0.321 e. The van der Waals surface area contributed by atoms with Gasteiger partial charge in [0.25, 0.3) is 20.0 Å². The number of nitrogens with one attached hydrogen (secondary N) is 2. The van der Waals surface area contributed by atoms with Crippen LogP contribution in [-0.2, 0) is 20.0 Å². The van der Waals surface area contributed by atoms with Crippen LogP contribution in [0.3, 0.4) is 0 Å². The quantitative estimate of drug-likeness (QED) is 0.496. The molecule has 0 saturated heterocycles. The summed E-state index contributed by atoms with van der Waals surface area (Å²) in [5, 5.41) is 8.81. The van der Waals surface area contributed by atoms with Crippen molar-refractivity contribution in [2.24, 2.45) is 0 Å². The van der Waals surface area contributed by atoms with E-state index in [0.29, 0.717) is 5.56 Å². The number of hydrogen-bond donors (Lipinski definition) is 2. The van der Waals surface area contributed by atoms with Gasteiger partial charge in [-0.1, -0.05) is 0 Å². The molecule has 0 aliphatic carbocycles. The minimum Gasteiger partial charge on any atom is -0.481 e. The summed E-state index contributed by atoms with van der Waals surface area (Å²) in [5.74, 6) is 0.0291. The summed E-state index contributed by atoms with van der Waals surface area (Å²) in [4.78, 5) is 7.62. The molecule has 0 fully saturated rings. The molecule has 1 aromatic heterocycles. The highest BCUT2D eigenvalue weighted by Gasteiger charge is 2.18. The third-order valence-electron chi connectivity index (χ3n) is 4.02. The molecule has 0 unspecified atom stereocenters. The largest absolute Gasteiger partial charge is 0.481 e. The molecule has 0 bridgehead atoms. The molecular weight excluding hydrogens is 458 g/mol. The number of benzene rings is 2. The van der Waals surface area contributed by atoms with Gasteiger partial charge < -0.3 is 9.47 Å². The molecule has 0 saturated carbocycles. The number of nitriles is 1. The van der Waals surface area contributed by atoms with Crippen molar-refractivity contribution in [1.82, 2.24) is 9.97 Å². The van der Waals surface area contributed by atoms with Crippen molar-refractivity contribution in [3.63, 3.8) is 0 Å². The van der Waals surface area contributed by atoms with Crippen LogP contribution in [0.5, 0.6) is 11.9 Å². The molecule has 0 aliphatic heterocycles. The number of anilines is 2. The molecule has 0 aliphatic rings. The summed E-state index contributed by atoms with van der Waals surface area (Å²) in [6.07, 6.45) is 0. The summed E-state index contributed by atoms with van der Waals surface area (Å²) in [6.45, 7) is 0. The van der Waals surface area contributed by atoms with E-state index in [0.717, 1.165) is 0 Å². The van der Waals surface area contributed by atoms with Gasteiger partial charge in [-0.15, -0.1) is 0 Å². The highest BCUT2D eigenvalue weighted by atomic mass is 32.2. The van der Waals surface area contributed by atoms with Crippen LogP contribution in [0.4, 0.5) is 11.5 Å². The Labute approximate surface area is 184 Å². The van der Waals surface area contributed by atoms with Crippen LogP contribution in [-0.4, -0.2) is 41.0 Å². The van der Waals surface area contributed by atoms with Gasteiger partial charge in [0.05, 0.1) is 35.6 Å². The maximum absolute atomic E-state index is 12.7. The van der Waals surface area contributed by atoms with Crippen LogP contribution in [0.15, 0.2) is 64.4 Å². The molecule has 3 rings (SSSR count). The van der Waals surface area contributed by atoms with Crippen LogP contribution < -0.4 is 18.9 Å². The van der Waals surface area contributed by atoms with E-state index in [-0.39, 0.29) is 33.2 Å². The van der Waals surface area contributed by atoms with Gasteiger partial charge in [-0.3, -0.25) is 9.44 Å². The molecule has 32 heavy (non-hydrogen) atoms. The Kier molecular flexibility index (Phi) is 6.47. The third kappa shape index (κ3) is 5.23. The molecular formula is C19H17N5O6S2.